The van der Waals surface area contributed by atoms with Gasteiger partial charge in [0.1, 0.15) is 24.9 Å². The van der Waals surface area contributed by atoms with Crippen molar-refractivity contribution in [3.63, 3.8) is 0 Å². The first kappa shape index (κ1) is 24.4. The Balaban J connectivity index is 1.83. The summed E-state index contributed by atoms with van der Waals surface area (Å²) in [6, 6.07) is -0.146. The van der Waals surface area contributed by atoms with Gasteiger partial charge < -0.3 is 20.1 Å². The van der Waals surface area contributed by atoms with Crippen molar-refractivity contribution in [2.75, 3.05) is 19.7 Å². The van der Waals surface area contributed by atoms with Crippen LogP contribution in [-0.4, -0.2) is 70.0 Å². The summed E-state index contributed by atoms with van der Waals surface area (Å²) in [7, 11) is 0. The number of nitrogens with zero attached hydrogens (tertiary/aromatic N) is 2. The lowest BCUT2D eigenvalue weighted by molar-refractivity contribution is -0.153. The quantitative estimate of drug-likeness (QED) is 0.243. The number of hydrogen-bond acceptors (Lipinski definition) is 6. The van der Waals surface area contributed by atoms with Crippen LogP contribution < -0.4 is 5.32 Å². The molecule has 2 aliphatic rings. The average molecular weight is 414 g/mol. The summed E-state index contributed by atoms with van der Waals surface area (Å²) in [5.41, 5.74) is 0. The molecule has 2 rings (SSSR count). The average Bonchev–Trinajstić information content (AvgIpc) is 3.22. The van der Waals surface area contributed by atoms with Crippen LogP contribution in [0.5, 0.6) is 0 Å². The molecular weight excluding hydrogens is 370 g/mol. The topological polar surface area (TPSA) is 97.5 Å². The van der Waals surface area contributed by atoms with Crippen LogP contribution in [0.2, 0.25) is 0 Å². The monoisotopic (exact) mass is 413 g/mol. The number of nitrogens with one attached hydrogen (secondary N) is 1. The van der Waals surface area contributed by atoms with Crippen molar-refractivity contribution in [3.05, 3.63) is 0 Å². The highest BCUT2D eigenvalue weighted by Crippen LogP contribution is 2.35. The van der Waals surface area contributed by atoms with Crippen LogP contribution in [-0.2, 0) is 4.74 Å². The second-order valence-electron chi connectivity index (χ2n) is 8.54. The Labute approximate surface area is 176 Å². The first-order chi connectivity index (χ1) is 14.1. The standard InChI is InChI=1S/C22H43N3O4/c1-3-5-7-9-11-13-15-23-21-25-18(17-29-21)19(26)20(27)22(25,28)24-16-14-12-10-8-6-4-2/h18-20,24,26-28H,3-17H2,1-2H3/t18-,19-,20+,22+/m1/s1. The highest BCUT2D eigenvalue weighted by Gasteiger charge is 2.62. The molecule has 7 nitrogen and oxygen atoms in total. The zero-order chi connectivity index (χ0) is 21.1. The summed E-state index contributed by atoms with van der Waals surface area (Å²) < 4.78 is 5.66. The maximum atomic E-state index is 11.2. The van der Waals surface area contributed by atoms with E-state index in [9.17, 15) is 15.3 Å². The van der Waals surface area contributed by atoms with Gasteiger partial charge in [-0.05, 0) is 19.4 Å². The van der Waals surface area contributed by atoms with Crippen LogP contribution in [0.3, 0.4) is 0 Å². The van der Waals surface area contributed by atoms with Gasteiger partial charge in [0.15, 0.2) is 0 Å². The normalized spacial score (nSPS) is 30.2. The number of ether oxygens (including phenoxy) is 1. The summed E-state index contributed by atoms with van der Waals surface area (Å²) in [6.45, 7) is 5.84. The molecule has 4 N–H and O–H groups in total. The van der Waals surface area contributed by atoms with Gasteiger partial charge in [-0.1, -0.05) is 78.1 Å². The number of unbranched alkanes of at least 4 members (excludes halogenated alkanes) is 10. The van der Waals surface area contributed by atoms with Crippen LogP contribution in [0.25, 0.3) is 0 Å². The predicted molar refractivity (Wildman–Crippen MR) is 116 cm³/mol. The van der Waals surface area contributed by atoms with Gasteiger partial charge in [-0.25, -0.2) is 4.99 Å². The molecule has 0 aliphatic carbocycles. The number of rotatable bonds is 15. The van der Waals surface area contributed by atoms with E-state index in [1.165, 1.54) is 51.4 Å². The van der Waals surface area contributed by atoms with Crippen LogP contribution in [0.15, 0.2) is 4.99 Å². The number of hydrogen-bond donors (Lipinski definition) is 4. The summed E-state index contributed by atoms with van der Waals surface area (Å²) in [5.74, 6) is -1.73. The molecule has 0 bridgehead atoms. The van der Waals surface area contributed by atoms with E-state index in [0.717, 1.165) is 25.7 Å². The minimum atomic E-state index is -1.73. The lowest BCUT2D eigenvalue weighted by atomic mass is 10.1. The van der Waals surface area contributed by atoms with Gasteiger partial charge in [0.05, 0.1) is 0 Å². The Morgan fingerprint density at radius 3 is 2.21 bits per heavy atom. The maximum absolute atomic E-state index is 11.2. The summed E-state index contributed by atoms with van der Waals surface area (Å²) in [5, 5.41) is 35.1. The fourth-order valence-corrected chi connectivity index (χ4v) is 4.24. The van der Waals surface area contributed by atoms with Gasteiger partial charge in [-0.2, -0.15) is 0 Å². The zero-order valence-electron chi connectivity index (χ0n) is 18.5. The Kier molecular flexibility index (Phi) is 10.7. The molecule has 2 aliphatic heterocycles. The first-order valence-corrected chi connectivity index (χ1v) is 11.9. The third kappa shape index (κ3) is 6.54. The van der Waals surface area contributed by atoms with Gasteiger partial charge in [0.25, 0.3) is 6.02 Å². The summed E-state index contributed by atoms with van der Waals surface area (Å²) in [4.78, 5) is 6.08. The fraction of sp³-hybridized carbons (Fsp3) is 0.955. The van der Waals surface area contributed by atoms with Gasteiger partial charge in [-0.3, -0.25) is 10.2 Å². The van der Waals surface area contributed by atoms with E-state index in [0.29, 0.717) is 19.1 Å². The molecule has 0 saturated carbocycles. The molecule has 170 valence electrons. The van der Waals surface area contributed by atoms with Crippen molar-refractivity contribution >= 4 is 6.02 Å². The smallest absolute Gasteiger partial charge is 0.291 e. The third-order valence-corrected chi connectivity index (χ3v) is 6.09. The van der Waals surface area contributed by atoms with Gasteiger partial charge in [0, 0.05) is 6.54 Å². The van der Waals surface area contributed by atoms with Crippen molar-refractivity contribution in [2.24, 2.45) is 4.99 Å². The van der Waals surface area contributed by atoms with Crippen molar-refractivity contribution in [1.29, 1.82) is 0 Å². The molecule has 0 aromatic heterocycles. The molecular formula is C22H43N3O4. The SMILES string of the molecule is CCCCCCCCN=C1OC[C@@H]2[C@@H](O)[C@H](O)[C@](O)(NCCCCCCCC)N12. The number of fused-ring (bicyclic) bond motifs is 1. The van der Waals surface area contributed by atoms with Crippen LogP contribution in [0.1, 0.15) is 90.9 Å². The molecule has 4 atom stereocenters. The highest BCUT2D eigenvalue weighted by molar-refractivity contribution is 5.77. The van der Waals surface area contributed by atoms with E-state index in [-0.39, 0.29) is 6.61 Å². The minimum absolute atomic E-state index is 0.231. The zero-order valence-corrected chi connectivity index (χ0v) is 18.5. The molecule has 7 heteroatoms. The van der Waals surface area contributed by atoms with Crippen molar-refractivity contribution < 1.29 is 20.1 Å². The molecule has 29 heavy (non-hydrogen) atoms. The lowest BCUT2D eigenvalue weighted by Crippen LogP contribution is -2.63. The van der Waals surface area contributed by atoms with Gasteiger partial charge >= 0.3 is 0 Å². The maximum Gasteiger partial charge on any atom is 0.291 e. The number of aliphatic hydroxyl groups is 3. The van der Waals surface area contributed by atoms with Crippen LogP contribution in [0.4, 0.5) is 0 Å². The van der Waals surface area contributed by atoms with E-state index in [4.69, 9.17) is 4.74 Å². The second kappa shape index (κ2) is 12.7. The van der Waals surface area contributed by atoms with Crippen LogP contribution >= 0.6 is 0 Å². The molecule has 2 fully saturated rings. The Morgan fingerprint density at radius 1 is 0.966 bits per heavy atom. The van der Waals surface area contributed by atoms with E-state index < -0.39 is 24.1 Å². The molecule has 2 saturated heterocycles. The lowest BCUT2D eigenvalue weighted by Gasteiger charge is -2.35. The first-order valence-electron chi connectivity index (χ1n) is 11.9. The molecule has 0 amide bonds. The number of aliphatic hydroxyl groups excluding tert-OH is 2. The molecule has 0 aromatic carbocycles. The Hall–Kier alpha value is -0.890. The molecule has 0 radical (unpaired) electrons. The minimum Gasteiger partial charge on any atom is -0.463 e. The summed E-state index contributed by atoms with van der Waals surface area (Å²) >= 11 is 0. The third-order valence-electron chi connectivity index (χ3n) is 6.09. The number of aliphatic imine (C=N–C) groups is 1. The fourth-order valence-electron chi connectivity index (χ4n) is 4.24. The molecule has 0 unspecified atom stereocenters. The van der Waals surface area contributed by atoms with E-state index in [1.54, 1.807) is 4.90 Å². The van der Waals surface area contributed by atoms with E-state index in [1.807, 2.05) is 0 Å². The van der Waals surface area contributed by atoms with Crippen molar-refractivity contribution in [1.82, 2.24) is 10.2 Å². The Bertz CT molecular complexity index is 491. The van der Waals surface area contributed by atoms with E-state index in [2.05, 4.69) is 24.2 Å². The van der Waals surface area contributed by atoms with Gasteiger partial charge in [0.2, 0.25) is 5.85 Å². The van der Waals surface area contributed by atoms with E-state index >= 15 is 0 Å². The molecule has 0 spiro atoms. The largest absolute Gasteiger partial charge is 0.463 e. The van der Waals surface area contributed by atoms with Crippen molar-refractivity contribution in [3.8, 4) is 0 Å². The predicted octanol–water partition coefficient (Wildman–Crippen LogP) is 2.74. The second-order valence-corrected chi connectivity index (χ2v) is 8.54. The number of amidine groups is 1. The van der Waals surface area contributed by atoms with Gasteiger partial charge in [-0.15, -0.1) is 0 Å². The summed E-state index contributed by atoms with van der Waals surface area (Å²) in [6.07, 6.45) is 11.6. The highest BCUT2D eigenvalue weighted by atomic mass is 16.5. The van der Waals surface area contributed by atoms with Crippen LogP contribution in [0, 0.1) is 0 Å². The molecule has 2 heterocycles. The Morgan fingerprint density at radius 2 is 1.55 bits per heavy atom. The van der Waals surface area contributed by atoms with Crippen molar-refractivity contribution in [2.45, 2.75) is 115 Å². The molecule has 0 aromatic rings.